The Hall–Kier alpha value is -3.07. The number of anilines is 2. The van der Waals surface area contributed by atoms with Gasteiger partial charge in [-0.05, 0) is 25.1 Å². The summed E-state index contributed by atoms with van der Waals surface area (Å²) in [6, 6.07) is 11.1. The number of amides is 2. The molecule has 0 saturated carbocycles. The Kier molecular flexibility index (Phi) is 6.84. The molecular weight excluding hydrogens is 425 g/mol. The number of hydrogen-bond donors (Lipinski definition) is 2. The molecule has 2 N–H and O–H groups in total. The van der Waals surface area contributed by atoms with E-state index in [9.17, 15) is 18.0 Å². The van der Waals surface area contributed by atoms with Crippen molar-refractivity contribution in [3.8, 4) is 10.6 Å². The second kappa shape index (κ2) is 9.38. The van der Waals surface area contributed by atoms with E-state index in [1.165, 1.54) is 29.0 Å². The average Bonchev–Trinajstić information content (AvgIpc) is 3.16. The summed E-state index contributed by atoms with van der Waals surface area (Å²) in [7, 11) is 3.30. The molecule has 0 spiro atoms. The van der Waals surface area contributed by atoms with Gasteiger partial charge in [0.2, 0.25) is 0 Å². The number of nitrogens with one attached hydrogen (secondary N) is 2. The highest BCUT2D eigenvalue weighted by atomic mass is 32.1. The highest BCUT2D eigenvalue weighted by Gasteiger charge is 2.34. The first-order valence-corrected chi connectivity index (χ1v) is 10.5. The SMILES string of the molecule is Cc1ccc(-c2nc(CCNC(=O)Nc3ccc(N(C)C)cc3C(F)(F)F)cs2)cc1. The zero-order valence-corrected chi connectivity index (χ0v) is 18.2. The molecule has 0 saturated heterocycles. The fourth-order valence-corrected chi connectivity index (χ4v) is 3.74. The molecule has 3 rings (SSSR count). The monoisotopic (exact) mass is 448 g/mol. The number of halogens is 3. The second-order valence-corrected chi connectivity index (χ2v) is 8.12. The van der Waals surface area contributed by atoms with Crippen LogP contribution in [0, 0.1) is 6.92 Å². The molecule has 3 aromatic rings. The van der Waals surface area contributed by atoms with Crippen LogP contribution in [0.15, 0.2) is 47.8 Å². The van der Waals surface area contributed by atoms with Crippen molar-refractivity contribution in [1.82, 2.24) is 10.3 Å². The molecule has 0 aliphatic carbocycles. The van der Waals surface area contributed by atoms with E-state index in [-0.39, 0.29) is 12.2 Å². The number of carbonyl (C=O) groups excluding carboxylic acids is 1. The van der Waals surface area contributed by atoms with Crippen molar-refractivity contribution in [2.24, 2.45) is 0 Å². The van der Waals surface area contributed by atoms with E-state index in [2.05, 4.69) is 15.6 Å². The van der Waals surface area contributed by atoms with Gasteiger partial charge >= 0.3 is 12.2 Å². The first-order valence-electron chi connectivity index (χ1n) is 9.58. The molecule has 0 unspecified atom stereocenters. The van der Waals surface area contributed by atoms with Crippen LogP contribution in [-0.4, -0.2) is 31.7 Å². The number of hydrogen-bond acceptors (Lipinski definition) is 4. The number of nitrogens with zero attached hydrogens (tertiary/aromatic N) is 2. The normalized spacial score (nSPS) is 11.3. The van der Waals surface area contributed by atoms with Crippen molar-refractivity contribution < 1.29 is 18.0 Å². The Bertz CT molecular complexity index is 1050. The predicted molar refractivity (Wildman–Crippen MR) is 119 cm³/mol. The van der Waals surface area contributed by atoms with Crippen molar-refractivity contribution in [3.05, 3.63) is 64.7 Å². The summed E-state index contributed by atoms with van der Waals surface area (Å²) < 4.78 is 40.1. The number of aryl methyl sites for hydroxylation is 1. The maximum Gasteiger partial charge on any atom is 0.418 e. The van der Waals surface area contributed by atoms with Gasteiger partial charge in [0.05, 0.1) is 16.9 Å². The Morgan fingerprint density at radius 3 is 2.48 bits per heavy atom. The molecule has 0 fully saturated rings. The summed E-state index contributed by atoms with van der Waals surface area (Å²) in [5, 5.41) is 7.69. The number of thiazole rings is 1. The van der Waals surface area contributed by atoms with Gasteiger partial charge in [0.25, 0.3) is 0 Å². The minimum Gasteiger partial charge on any atom is -0.378 e. The molecule has 5 nitrogen and oxygen atoms in total. The van der Waals surface area contributed by atoms with Crippen molar-refractivity contribution in [2.45, 2.75) is 19.5 Å². The summed E-state index contributed by atoms with van der Waals surface area (Å²) in [5.74, 6) is 0. The van der Waals surface area contributed by atoms with Crippen LogP contribution in [0.4, 0.5) is 29.3 Å². The lowest BCUT2D eigenvalue weighted by molar-refractivity contribution is -0.136. The highest BCUT2D eigenvalue weighted by Crippen LogP contribution is 2.37. The lowest BCUT2D eigenvalue weighted by atomic mass is 10.1. The fourth-order valence-electron chi connectivity index (χ4n) is 2.88. The standard InChI is InChI=1S/C22H23F3N4OS/c1-14-4-6-15(7-5-14)20-27-16(13-31-20)10-11-26-21(30)28-19-9-8-17(29(2)3)12-18(19)22(23,24)25/h4-9,12-13H,10-11H2,1-3H3,(H2,26,28,30). The van der Waals surface area contributed by atoms with Crippen LogP contribution in [-0.2, 0) is 12.6 Å². The van der Waals surface area contributed by atoms with E-state index in [0.29, 0.717) is 12.1 Å². The zero-order chi connectivity index (χ0) is 22.6. The van der Waals surface area contributed by atoms with Gasteiger partial charge in [-0.1, -0.05) is 29.8 Å². The molecule has 1 heterocycles. The Morgan fingerprint density at radius 1 is 1.13 bits per heavy atom. The zero-order valence-electron chi connectivity index (χ0n) is 17.4. The molecule has 0 atom stereocenters. The first-order chi connectivity index (χ1) is 14.6. The molecule has 2 aromatic carbocycles. The topological polar surface area (TPSA) is 57.3 Å². The van der Waals surface area contributed by atoms with Crippen LogP contribution in [0.5, 0.6) is 0 Å². The number of carbonyl (C=O) groups is 1. The lowest BCUT2D eigenvalue weighted by Crippen LogP contribution is -2.31. The van der Waals surface area contributed by atoms with Crippen molar-refractivity contribution in [1.29, 1.82) is 0 Å². The van der Waals surface area contributed by atoms with Crippen molar-refractivity contribution >= 4 is 28.7 Å². The predicted octanol–water partition coefficient (Wildman–Crippen LogP) is 5.57. The van der Waals surface area contributed by atoms with E-state index >= 15 is 0 Å². The summed E-state index contributed by atoms with van der Waals surface area (Å²) in [5.41, 5.74) is 2.22. The van der Waals surface area contributed by atoms with Crippen LogP contribution in [0.1, 0.15) is 16.8 Å². The molecule has 0 aliphatic rings. The van der Waals surface area contributed by atoms with Gasteiger partial charge in [-0.15, -0.1) is 11.3 Å². The van der Waals surface area contributed by atoms with Crippen LogP contribution in [0.2, 0.25) is 0 Å². The van der Waals surface area contributed by atoms with Gasteiger partial charge in [0.1, 0.15) is 5.01 Å². The van der Waals surface area contributed by atoms with E-state index in [0.717, 1.165) is 22.3 Å². The average molecular weight is 449 g/mol. The maximum absolute atomic E-state index is 13.4. The minimum atomic E-state index is -4.58. The third-order valence-corrected chi connectivity index (χ3v) is 5.53. The molecule has 0 bridgehead atoms. The number of urea groups is 1. The molecule has 9 heteroatoms. The second-order valence-electron chi connectivity index (χ2n) is 7.26. The summed E-state index contributed by atoms with van der Waals surface area (Å²) >= 11 is 1.51. The molecular formula is C22H23F3N4OS. The third kappa shape index (κ3) is 5.97. The Morgan fingerprint density at radius 2 is 1.84 bits per heavy atom. The van der Waals surface area contributed by atoms with E-state index in [1.54, 1.807) is 19.0 Å². The number of benzene rings is 2. The van der Waals surface area contributed by atoms with Crippen LogP contribution >= 0.6 is 11.3 Å². The lowest BCUT2D eigenvalue weighted by Gasteiger charge is -2.18. The van der Waals surface area contributed by atoms with E-state index in [4.69, 9.17) is 0 Å². The summed E-state index contributed by atoms with van der Waals surface area (Å²) in [6.45, 7) is 2.27. The van der Waals surface area contributed by atoms with Crippen LogP contribution in [0.25, 0.3) is 10.6 Å². The minimum absolute atomic E-state index is 0.250. The van der Waals surface area contributed by atoms with Crippen LogP contribution in [0.3, 0.4) is 0 Å². The summed E-state index contributed by atoms with van der Waals surface area (Å²) in [6.07, 6.45) is -4.11. The molecule has 2 amide bonds. The first kappa shape index (κ1) is 22.6. The fraction of sp³-hybridized carbons (Fsp3) is 0.273. The van der Waals surface area contributed by atoms with E-state index in [1.807, 2.05) is 36.6 Å². The smallest absolute Gasteiger partial charge is 0.378 e. The van der Waals surface area contributed by atoms with Crippen molar-refractivity contribution in [2.75, 3.05) is 30.9 Å². The molecule has 164 valence electrons. The maximum atomic E-state index is 13.4. The van der Waals surface area contributed by atoms with Crippen LogP contribution < -0.4 is 15.5 Å². The Labute approximate surface area is 182 Å². The van der Waals surface area contributed by atoms with Gasteiger partial charge in [-0.3, -0.25) is 0 Å². The van der Waals surface area contributed by atoms with Gasteiger partial charge in [0.15, 0.2) is 0 Å². The quantitative estimate of drug-likeness (QED) is 0.519. The molecule has 0 aliphatic heterocycles. The van der Waals surface area contributed by atoms with Gasteiger partial charge in [-0.25, -0.2) is 9.78 Å². The number of alkyl halides is 3. The number of rotatable bonds is 6. The molecule has 0 radical (unpaired) electrons. The Balaban J connectivity index is 1.58. The largest absolute Gasteiger partial charge is 0.418 e. The third-order valence-electron chi connectivity index (χ3n) is 4.59. The van der Waals surface area contributed by atoms with E-state index < -0.39 is 17.8 Å². The van der Waals surface area contributed by atoms with Crippen molar-refractivity contribution in [3.63, 3.8) is 0 Å². The summed E-state index contributed by atoms with van der Waals surface area (Å²) in [4.78, 5) is 18.3. The molecule has 1 aromatic heterocycles. The van der Waals surface area contributed by atoms with Gasteiger partial charge in [0, 0.05) is 43.7 Å². The van der Waals surface area contributed by atoms with Gasteiger partial charge < -0.3 is 15.5 Å². The molecule has 31 heavy (non-hydrogen) atoms. The van der Waals surface area contributed by atoms with Gasteiger partial charge in [-0.2, -0.15) is 13.2 Å². The highest BCUT2D eigenvalue weighted by molar-refractivity contribution is 7.13. The number of aromatic nitrogens is 1.